The van der Waals surface area contributed by atoms with Gasteiger partial charge < -0.3 is 19.7 Å². The minimum absolute atomic E-state index is 0.0327. The van der Waals surface area contributed by atoms with E-state index in [9.17, 15) is 4.79 Å². The molecule has 1 atom stereocenters. The number of likely N-dealkylation sites (N-methyl/N-ethyl adjacent to an activating group) is 1. The van der Waals surface area contributed by atoms with E-state index in [1.165, 1.54) is 7.11 Å². The van der Waals surface area contributed by atoms with Gasteiger partial charge >= 0.3 is 0 Å². The monoisotopic (exact) mass is 265 g/mol. The summed E-state index contributed by atoms with van der Waals surface area (Å²) in [6.45, 7) is 2.86. The van der Waals surface area contributed by atoms with Crippen LogP contribution < -0.4 is 10.1 Å². The second kappa shape index (κ2) is 6.49. The number of aromatic nitrogens is 1. The van der Waals surface area contributed by atoms with Crippen molar-refractivity contribution in [3.63, 3.8) is 0 Å². The summed E-state index contributed by atoms with van der Waals surface area (Å²) in [4.78, 5) is 18.0. The third-order valence-corrected chi connectivity index (χ3v) is 3.02. The van der Waals surface area contributed by atoms with E-state index < -0.39 is 0 Å². The zero-order valence-electron chi connectivity index (χ0n) is 11.3. The highest BCUT2D eigenvalue weighted by atomic mass is 16.5. The van der Waals surface area contributed by atoms with Gasteiger partial charge in [0.05, 0.1) is 19.8 Å². The van der Waals surface area contributed by atoms with Crippen LogP contribution in [-0.4, -0.2) is 62.3 Å². The van der Waals surface area contributed by atoms with E-state index in [-0.39, 0.29) is 12.0 Å². The average Bonchev–Trinajstić information content (AvgIpc) is 2.47. The predicted octanol–water partition coefficient (Wildman–Crippen LogP) is 0.151. The molecule has 1 aliphatic heterocycles. The van der Waals surface area contributed by atoms with E-state index in [1.54, 1.807) is 30.3 Å². The maximum absolute atomic E-state index is 12.3. The lowest BCUT2D eigenvalue weighted by molar-refractivity contribution is 0.0103. The van der Waals surface area contributed by atoms with Gasteiger partial charge in [-0.3, -0.25) is 4.79 Å². The van der Waals surface area contributed by atoms with E-state index in [0.717, 1.165) is 13.1 Å². The Labute approximate surface area is 112 Å². The number of carbonyl (C=O) groups excluding carboxylic acids is 1. The van der Waals surface area contributed by atoms with Crippen LogP contribution >= 0.6 is 0 Å². The van der Waals surface area contributed by atoms with Crippen LogP contribution in [0.5, 0.6) is 5.88 Å². The minimum Gasteiger partial charge on any atom is -0.480 e. The van der Waals surface area contributed by atoms with Gasteiger partial charge in [0, 0.05) is 32.9 Å². The van der Waals surface area contributed by atoms with Crippen molar-refractivity contribution in [3.8, 4) is 5.88 Å². The molecular weight excluding hydrogens is 246 g/mol. The highest BCUT2D eigenvalue weighted by Crippen LogP contribution is 2.16. The van der Waals surface area contributed by atoms with Crippen LogP contribution in [0, 0.1) is 0 Å². The number of carbonyl (C=O) groups is 1. The van der Waals surface area contributed by atoms with Crippen LogP contribution in [-0.2, 0) is 4.74 Å². The molecule has 1 fully saturated rings. The predicted molar refractivity (Wildman–Crippen MR) is 70.4 cm³/mol. The van der Waals surface area contributed by atoms with Crippen molar-refractivity contribution in [1.82, 2.24) is 15.2 Å². The number of amides is 1. The molecule has 1 aromatic rings. The van der Waals surface area contributed by atoms with Gasteiger partial charge in [-0.05, 0) is 12.1 Å². The van der Waals surface area contributed by atoms with Gasteiger partial charge in [-0.25, -0.2) is 4.98 Å². The second-order valence-corrected chi connectivity index (χ2v) is 4.44. The number of methoxy groups -OCH3 is 1. The first-order chi connectivity index (χ1) is 9.22. The van der Waals surface area contributed by atoms with Crippen LogP contribution in [0.3, 0.4) is 0 Å². The van der Waals surface area contributed by atoms with Crippen molar-refractivity contribution < 1.29 is 14.3 Å². The summed E-state index contributed by atoms with van der Waals surface area (Å²) in [5, 5.41) is 3.24. The summed E-state index contributed by atoms with van der Waals surface area (Å²) in [5.74, 6) is 0.237. The number of nitrogens with zero attached hydrogens (tertiary/aromatic N) is 2. The minimum atomic E-state index is -0.112. The number of ether oxygens (including phenoxy) is 2. The molecule has 1 unspecified atom stereocenters. The van der Waals surface area contributed by atoms with Crippen molar-refractivity contribution in [2.45, 2.75) is 6.10 Å². The van der Waals surface area contributed by atoms with Crippen molar-refractivity contribution >= 4 is 5.91 Å². The third-order valence-electron chi connectivity index (χ3n) is 3.02. The van der Waals surface area contributed by atoms with E-state index in [4.69, 9.17) is 9.47 Å². The summed E-state index contributed by atoms with van der Waals surface area (Å²) < 4.78 is 10.7. The van der Waals surface area contributed by atoms with E-state index in [0.29, 0.717) is 24.6 Å². The van der Waals surface area contributed by atoms with Crippen molar-refractivity contribution in [3.05, 3.63) is 23.9 Å². The van der Waals surface area contributed by atoms with Crippen LogP contribution in [0.2, 0.25) is 0 Å². The number of hydrogen-bond acceptors (Lipinski definition) is 5. The lowest BCUT2D eigenvalue weighted by atomic mass is 10.2. The molecule has 0 bridgehead atoms. The molecule has 1 aromatic heterocycles. The average molecular weight is 265 g/mol. The largest absolute Gasteiger partial charge is 0.480 e. The van der Waals surface area contributed by atoms with Gasteiger partial charge in [0.15, 0.2) is 0 Å². The van der Waals surface area contributed by atoms with E-state index >= 15 is 0 Å². The molecule has 6 heteroatoms. The Morgan fingerprint density at radius 3 is 3.21 bits per heavy atom. The van der Waals surface area contributed by atoms with E-state index in [2.05, 4.69) is 10.3 Å². The molecule has 0 radical (unpaired) electrons. The zero-order chi connectivity index (χ0) is 13.7. The maximum Gasteiger partial charge on any atom is 0.259 e. The van der Waals surface area contributed by atoms with Gasteiger partial charge in [-0.2, -0.15) is 0 Å². The molecule has 0 spiro atoms. The summed E-state index contributed by atoms with van der Waals surface area (Å²) in [5.41, 5.74) is 0.469. The van der Waals surface area contributed by atoms with Gasteiger partial charge in [0.25, 0.3) is 5.91 Å². The fraction of sp³-hybridized carbons (Fsp3) is 0.538. The SMILES string of the molecule is COc1ncccc1C(=O)N(C)CC1CNCCO1. The van der Waals surface area contributed by atoms with Crippen molar-refractivity contribution in [2.24, 2.45) is 0 Å². The first-order valence-corrected chi connectivity index (χ1v) is 6.29. The first kappa shape index (κ1) is 13.8. The normalized spacial score (nSPS) is 18.9. The lowest BCUT2D eigenvalue weighted by Crippen LogP contribution is -2.45. The summed E-state index contributed by atoms with van der Waals surface area (Å²) >= 11 is 0. The summed E-state index contributed by atoms with van der Waals surface area (Å²) in [7, 11) is 3.26. The van der Waals surface area contributed by atoms with E-state index in [1.807, 2.05) is 0 Å². The Morgan fingerprint density at radius 2 is 2.53 bits per heavy atom. The molecular formula is C13H19N3O3. The van der Waals surface area contributed by atoms with Gasteiger partial charge in [-0.15, -0.1) is 0 Å². The number of hydrogen-bond donors (Lipinski definition) is 1. The van der Waals surface area contributed by atoms with Crippen LogP contribution in [0.1, 0.15) is 10.4 Å². The summed E-state index contributed by atoms with van der Waals surface area (Å²) in [6, 6.07) is 3.44. The van der Waals surface area contributed by atoms with Crippen molar-refractivity contribution in [2.75, 3.05) is 40.4 Å². The third kappa shape index (κ3) is 3.42. The molecule has 19 heavy (non-hydrogen) atoms. The molecule has 6 nitrogen and oxygen atoms in total. The van der Waals surface area contributed by atoms with Crippen LogP contribution in [0.25, 0.3) is 0 Å². The smallest absolute Gasteiger partial charge is 0.259 e. The number of nitrogens with one attached hydrogen (secondary N) is 1. The van der Waals surface area contributed by atoms with Crippen LogP contribution in [0.4, 0.5) is 0 Å². The first-order valence-electron chi connectivity index (χ1n) is 6.29. The molecule has 0 aliphatic carbocycles. The topological polar surface area (TPSA) is 63.7 Å². The molecule has 1 saturated heterocycles. The fourth-order valence-corrected chi connectivity index (χ4v) is 2.05. The Hall–Kier alpha value is -1.66. The molecule has 104 valence electrons. The zero-order valence-corrected chi connectivity index (χ0v) is 11.3. The van der Waals surface area contributed by atoms with Gasteiger partial charge in [0.1, 0.15) is 5.56 Å². The van der Waals surface area contributed by atoms with Crippen LogP contribution in [0.15, 0.2) is 18.3 Å². The highest BCUT2D eigenvalue weighted by Gasteiger charge is 2.21. The Kier molecular flexibility index (Phi) is 4.70. The maximum atomic E-state index is 12.3. The molecule has 2 rings (SSSR count). The number of pyridine rings is 1. The number of morpholine rings is 1. The molecule has 0 saturated carbocycles. The molecule has 0 aromatic carbocycles. The Bertz CT molecular complexity index is 433. The number of rotatable bonds is 4. The lowest BCUT2D eigenvalue weighted by Gasteiger charge is -2.28. The summed E-state index contributed by atoms with van der Waals surface area (Å²) in [6.07, 6.45) is 1.63. The van der Waals surface area contributed by atoms with Crippen molar-refractivity contribution in [1.29, 1.82) is 0 Å². The highest BCUT2D eigenvalue weighted by molar-refractivity contribution is 5.96. The van der Waals surface area contributed by atoms with Gasteiger partial charge in [-0.1, -0.05) is 0 Å². The quantitative estimate of drug-likeness (QED) is 0.839. The second-order valence-electron chi connectivity index (χ2n) is 4.44. The standard InChI is InChI=1S/C13H19N3O3/c1-16(9-10-8-14-6-7-19-10)13(17)11-4-3-5-15-12(11)18-2/h3-5,10,14H,6-9H2,1-2H3. The Morgan fingerprint density at radius 1 is 1.68 bits per heavy atom. The fourth-order valence-electron chi connectivity index (χ4n) is 2.05. The van der Waals surface area contributed by atoms with Gasteiger partial charge in [0.2, 0.25) is 5.88 Å². The Balaban J connectivity index is 2.01. The molecule has 1 N–H and O–H groups in total. The molecule has 1 aliphatic rings. The molecule has 1 amide bonds. The molecule has 2 heterocycles.